The molecule has 31 heavy (non-hydrogen) atoms. The third kappa shape index (κ3) is 5.97. The van der Waals surface area contributed by atoms with Crippen molar-refractivity contribution in [3.63, 3.8) is 0 Å². The molecule has 0 amide bonds. The van der Waals surface area contributed by atoms with E-state index in [1.165, 1.54) is 10.9 Å². The molecule has 0 radical (unpaired) electrons. The summed E-state index contributed by atoms with van der Waals surface area (Å²) in [5.41, 5.74) is 1.28. The highest BCUT2D eigenvalue weighted by atomic mass is 127. The van der Waals surface area contributed by atoms with E-state index in [4.69, 9.17) is 9.73 Å². The van der Waals surface area contributed by atoms with Gasteiger partial charge in [-0.1, -0.05) is 18.2 Å². The number of aromatic nitrogens is 4. The fourth-order valence-electron chi connectivity index (χ4n) is 3.95. The van der Waals surface area contributed by atoms with Crippen molar-refractivity contribution < 1.29 is 4.74 Å². The lowest BCUT2D eigenvalue weighted by molar-refractivity contribution is 0.177. The zero-order chi connectivity index (χ0) is 20.8. The number of nitrogens with one attached hydrogen (secondary N) is 2. The van der Waals surface area contributed by atoms with Gasteiger partial charge in [0.05, 0.1) is 6.54 Å². The van der Waals surface area contributed by atoms with Crippen molar-refractivity contribution >= 4 is 40.8 Å². The van der Waals surface area contributed by atoms with Crippen LogP contribution in [-0.2, 0) is 30.9 Å². The Morgan fingerprint density at radius 2 is 2.16 bits per heavy atom. The van der Waals surface area contributed by atoms with Crippen LogP contribution in [0.2, 0.25) is 0 Å². The molecule has 3 aromatic rings. The summed E-state index contributed by atoms with van der Waals surface area (Å²) in [6, 6.07) is 11.0. The van der Waals surface area contributed by atoms with Crippen LogP contribution in [0.1, 0.15) is 31.4 Å². The molecule has 8 nitrogen and oxygen atoms in total. The normalized spacial score (nSPS) is 16.1. The second-order valence-corrected chi connectivity index (χ2v) is 7.62. The van der Waals surface area contributed by atoms with Gasteiger partial charge < -0.3 is 19.9 Å². The Labute approximate surface area is 200 Å². The van der Waals surface area contributed by atoms with Crippen LogP contribution in [0.15, 0.2) is 41.5 Å². The van der Waals surface area contributed by atoms with Crippen molar-refractivity contribution in [1.82, 2.24) is 30.0 Å². The first-order valence-electron chi connectivity index (χ1n) is 10.8. The monoisotopic (exact) mass is 537 g/mol. The molecular formula is C22H32IN7O. The molecule has 9 heteroatoms. The van der Waals surface area contributed by atoms with Crippen molar-refractivity contribution in [3.05, 3.63) is 48.2 Å². The predicted octanol–water partition coefficient (Wildman–Crippen LogP) is 2.96. The lowest BCUT2D eigenvalue weighted by Crippen LogP contribution is -2.47. The number of aliphatic imine (C=N–C) groups is 1. The summed E-state index contributed by atoms with van der Waals surface area (Å²) in [4.78, 5) is 9.34. The van der Waals surface area contributed by atoms with Gasteiger partial charge in [0, 0.05) is 50.9 Å². The molecule has 1 atom stereocenters. The van der Waals surface area contributed by atoms with Gasteiger partial charge in [0.15, 0.2) is 11.8 Å². The van der Waals surface area contributed by atoms with Crippen LogP contribution >= 0.6 is 24.0 Å². The zero-order valence-corrected chi connectivity index (χ0v) is 20.6. The van der Waals surface area contributed by atoms with Gasteiger partial charge in [-0.05, 0) is 37.3 Å². The highest BCUT2D eigenvalue weighted by Gasteiger charge is 2.22. The smallest absolute Gasteiger partial charge is 0.191 e. The summed E-state index contributed by atoms with van der Waals surface area (Å²) in [6.07, 6.45) is 5.08. The maximum absolute atomic E-state index is 5.15. The van der Waals surface area contributed by atoms with E-state index < -0.39 is 0 Å². The van der Waals surface area contributed by atoms with Crippen molar-refractivity contribution in [3.8, 4) is 0 Å². The van der Waals surface area contributed by atoms with Gasteiger partial charge in [-0.25, -0.2) is 9.67 Å². The summed E-state index contributed by atoms with van der Waals surface area (Å²) < 4.78 is 9.45. The number of aryl methyl sites for hydroxylation is 2. The molecule has 168 valence electrons. The molecule has 0 fully saturated rings. The number of rotatable bonds is 8. The molecule has 4 rings (SSSR count). The van der Waals surface area contributed by atoms with Crippen molar-refractivity contribution in [2.45, 2.75) is 51.9 Å². The van der Waals surface area contributed by atoms with Crippen LogP contribution in [0.3, 0.4) is 0 Å². The van der Waals surface area contributed by atoms with Crippen LogP contribution in [0.25, 0.3) is 10.9 Å². The summed E-state index contributed by atoms with van der Waals surface area (Å²) in [6.45, 7) is 5.93. The zero-order valence-electron chi connectivity index (χ0n) is 18.3. The molecule has 0 spiro atoms. The maximum Gasteiger partial charge on any atom is 0.191 e. The third-order valence-corrected chi connectivity index (χ3v) is 5.37. The van der Waals surface area contributed by atoms with Gasteiger partial charge in [-0.15, -0.1) is 24.0 Å². The van der Waals surface area contributed by atoms with Crippen molar-refractivity contribution in [2.24, 2.45) is 4.99 Å². The molecule has 0 saturated heterocycles. The fraction of sp³-hybridized carbons (Fsp3) is 0.500. The Morgan fingerprint density at radius 3 is 3.00 bits per heavy atom. The van der Waals surface area contributed by atoms with Crippen molar-refractivity contribution in [1.29, 1.82) is 0 Å². The van der Waals surface area contributed by atoms with E-state index in [1.807, 2.05) is 4.68 Å². The van der Waals surface area contributed by atoms with E-state index in [-0.39, 0.29) is 24.0 Å². The molecule has 1 aliphatic heterocycles. The van der Waals surface area contributed by atoms with Gasteiger partial charge in [0.1, 0.15) is 12.4 Å². The lowest BCUT2D eigenvalue weighted by atomic mass is 10.1. The fourth-order valence-corrected chi connectivity index (χ4v) is 3.95. The minimum atomic E-state index is 0. The van der Waals surface area contributed by atoms with E-state index in [2.05, 4.69) is 68.7 Å². The summed E-state index contributed by atoms with van der Waals surface area (Å²) >= 11 is 0. The molecule has 1 aliphatic rings. The molecule has 0 aliphatic carbocycles. The number of fused-ring (bicyclic) bond motifs is 2. The van der Waals surface area contributed by atoms with Crippen molar-refractivity contribution in [2.75, 3.05) is 20.2 Å². The predicted molar refractivity (Wildman–Crippen MR) is 134 cm³/mol. The minimum absolute atomic E-state index is 0. The third-order valence-electron chi connectivity index (χ3n) is 5.37. The van der Waals surface area contributed by atoms with Gasteiger partial charge in [-0.3, -0.25) is 4.99 Å². The highest BCUT2D eigenvalue weighted by molar-refractivity contribution is 14.0. The highest BCUT2D eigenvalue weighted by Crippen LogP contribution is 2.15. The quantitative estimate of drug-likeness (QED) is 0.200. The number of hydrogen-bond donors (Lipinski definition) is 2. The number of benzene rings is 1. The van der Waals surface area contributed by atoms with E-state index in [0.29, 0.717) is 12.6 Å². The number of ether oxygens (including phenoxy) is 1. The molecule has 1 aromatic carbocycles. The summed E-state index contributed by atoms with van der Waals surface area (Å²) in [5, 5.41) is 12.8. The Morgan fingerprint density at radius 1 is 1.29 bits per heavy atom. The molecule has 3 heterocycles. The van der Waals surface area contributed by atoms with Gasteiger partial charge in [0.25, 0.3) is 0 Å². The summed E-state index contributed by atoms with van der Waals surface area (Å²) in [7, 11) is 1.67. The van der Waals surface area contributed by atoms with Crippen LogP contribution in [0, 0.1) is 0 Å². The van der Waals surface area contributed by atoms with E-state index >= 15 is 0 Å². The van der Waals surface area contributed by atoms with Gasteiger partial charge >= 0.3 is 0 Å². The first-order chi connectivity index (χ1) is 14.8. The number of hydrogen-bond acceptors (Lipinski definition) is 4. The van der Waals surface area contributed by atoms with E-state index in [0.717, 1.165) is 63.0 Å². The second kappa shape index (κ2) is 11.5. The lowest BCUT2D eigenvalue weighted by Gasteiger charge is -2.25. The Balaban J connectivity index is 0.00000272. The molecular weight excluding hydrogens is 505 g/mol. The molecule has 0 bridgehead atoms. The number of nitrogens with zero attached hydrogens (tertiary/aromatic N) is 5. The molecule has 0 saturated carbocycles. The van der Waals surface area contributed by atoms with Gasteiger partial charge in [0.2, 0.25) is 0 Å². The molecule has 1 unspecified atom stereocenters. The Hall–Kier alpha value is -2.14. The number of para-hydroxylation sites is 1. The minimum Gasteiger partial charge on any atom is -0.377 e. The Kier molecular flexibility index (Phi) is 8.70. The average Bonchev–Trinajstić information content (AvgIpc) is 3.35. The molecule has 2 N–H and O–H groups in total. The standard InChI is InChI=1S/C22H31N7O.HI/c1-3-23-22(24-12-6-13-28-14-11-17-7-4-5-8-19(17)28)25-18-9-10-21-26-20(16-30-2)27-29(21)15-18;/h4-5,7-8,11,14,18H,3,6,9-10,12-13,15-16H2,1-2H3,(H2,23,24,25);1H. The van der Waals surface area contributed by atoms with E-state index in [9.17, 15) is 0 Å². The first-order valence-corrected chi connectivity index (χ1v) is 10.8. The molecule has 2 aromatic heterocycles. The summed E-state index contributed by atoms with van der Waals surface area (Å²) in [5.74, 6) is 2.67. The number of halogens is 1. The SMILES string of the molecule is CCNC(=NCCCn1ccc2ccccc21)NC1CCc2nc(COC)nn2C1.I. The second-order valence-electron chi connectivity index (χ2n) is 7.62. The average molecular weight is 537 g/mol. The van der Waals surface area contributed by atoms with Crippen LogP contribution in [0.5, 0.6) is 0 Å². The largest absolute Gasteiger partial charge is 0.377 e. The van der Waals surface area contributed by atoms with Crippen LogP contribution in [-0.4, -0.2) is 51.5 Å². The maximum atomic E-state index is 5.15. The Bertz CT molecular complexity index is 997. The number of methoxy groups -OCH3 is 1. The van der Waals surface area contributed by atoms with E-state index in [1.54, 1.807) is 7.11 Å². The topological polar surface area (TPSA) is 81.3 Å². The first kappa shape index (κ1) is 23.5. The number of guanidine groups is 1. The van der Waals surface area contributed by atoms with Gasteiger partial charge in [-0.2, -0.15) is 5.10 Å². The van der Waals surface area contributed by atoms with Crippen LogP contribution < -0.4 is 10.6 Å². The van der Waals surface area contributed by atoms with Crippen LogP contribution in [0.4, 0.5) is 0 Å².